The largest absolute Gasteiger partial charge is 0.494 e. The second-order valence-corrected chi connectivity index (χ2v) is 5.39. The summed E-state index contributed by atoms with van der Waals surface area (Å²) in [5.41, 5.74) is 0.999. The summed E-state index contributed by atoms with van der Waals surface area (Å²) in [6.07, 6.45) is 1.13. The first kappa shape index (κ1) is 14.3. The Bertz CT molecular complexity index is 425. The smallest absolute Gasteiger partial charge is 0.165 e. The highest BCUT2D eigenvalue weighted by Crippen LogP contribution is 2.20. The number of ether oxygens (including phenoxy) is 1. The lowest BCUT2D eigenvalue weighted by Crippen LogP contribution is -2.38. The molecule has 0 saturated carbocycles. The summed E-state index contributed by atoms with van der Waals surface area (Å²) in [6.45, 7) is 7.26. The van der Waals surface area contributed by atoms with Crippen LogP contribution in [0.5, 0.6) is 5.75 Å². The number of hydrogen-bond donors (Lipinski definition) is 1. The highest BCUT2D eigenvalue weighted by molar-refractivity contribution is 5.29. The van der Waals surface area contributed by atoms with Crippen LogP contribution in [0.15, 0.2) is 18.2 Å². The van der Waals surface area contributed by atoms with Gasteiger partial charge in [-0.15, -0.1) is 0 Å². The molecule has 19 heavy (non-hydrogen) atoms. The van der Waals surface area contributed by atoms with E-state index in [1.807, 2.05) is 6.07 Å². The molecule has 2 atom stereocenters. The van der Waals surface area contributed by atoms with Crippen LogP contribution in [0.2, 0.25) is 0 Å². The number of benzene rings is 1. The van der Waals surface area contributed by atoms with Crippen LogP contribution in [0.4, 0.5) is 4.39 Å². The Hall–Kier alpha value is -1.13. The minimum Gasteiger partial charge on any atom is -0.494 e. The maximum Gasteiger partial charge on any atom is 0.165 e. The van der Waals surface area contributed by atoms with Crippen LogP contribution in [-0.2, 0) is 6.54 Å². The van der Waals surface area contributed by atoms with Crippen LogP contribution in [0.3, 0.4) is 0 Å². The maximum absolute atomic E-state index is 13.7. The van der Waals surface area contributed by atoms with Gasteiger partial charge in [-0.1, -0.05) is 6.07 Å². The van der Waals surface area contributed by atoms with E-state index in [-0.39, 0.29) is 5.82 Å². The Labute approximate surface area is 114 Å². The monoisotopic (exact) mass is 266 g/mol. The minimum atomic E-state index is -0.284. The quantitative estimate of drug-likeness (QED) is 0.909. The molecule has 1 fully saturated rings. The van der Waals surface area contributed by atoms with Gasteiger partial charge in [-0.3, -0.25) is 4.90 Å². The molecule has 0 aromatic heterocycles. The molecule has 2 unspecified atom stereocenters. The average Bonchev–Trinajstić information content (AvgIpc) is 2.52. The van der Waals surface area contributed by atoms with E-state index < -0.39 is 0 Å². The van der Waals surface area contributed by atoms with Gasteiger partial charge in [-0.25, -0.2) is 4.39 Å². The van der Waals surface area contributed by atoms with E-state index >= 15 is 0 Å². The van der Waals surface area contributed by atoms with Crippen molar-refractivity contribution in [3.05, 3.63) is 29.6 Å². The van der Waals surface area contributed by atoms with Gasteiger partial charge in [0.15, 0.2) is 11.6 Å². The van der Waals surface area contributed by atoms with Gasteiger partial charge in [-0.2, -0.15) is 0 Å². The Balaban J connectivity index is 2.08. The molecule has 1 saturated heterocycles. The zero-order valence-electron chi connectivity index (χ0n) is 11.9. The molecule has 1 aliphatic heterocycles. The molecule has 1 heterocycles. The normalized spacial score (nSPS) is 25.1. The molecule has 0 amide bonds. The fourth-order valence-corrected chi connectivity index (χ4v) is 2.58. The number of halogens is 1. The van der Waals surface area contributed by atoms with E-state index in [0.717, 1.165) is 31.6 Å². The molecular formula is C15H23FN2O. The lowest BCUT2D eigenvalue weighted by molar-refractivity contribution is 0.198. The summed E-state index contributed by atoms with van der Waals surface area (Å²) in [5.74, 6) is 0.0244. The van der Waals surface area contributed by atoms with Crippen LogP contribution in [-0.4, -0.2) is 37.2 Å². The third-order valence-electron chi connectivity index (χ3n) is 3.79. The second kappa shape index (κ2) is 6.35. The Kier molecular flexibility index (Phi) is 4.77. The van der Waals surface area contributed by atoms with Crippen molar-refractivity contribution in [3.63, 3.8) is 0 Å². The molecule has 3 nitrogen and oxygen atoms in total. The Morgan fingerprint density at radius 1 is 1.42 bits per heavy atom. The fraction of sp³-hybridized carbons (Fsp3) is 0.600. The number of rotatable bonds is 3. The van der Waals surface area contributed by atoms with Gasteiger partial charge in [0, 0.05) is 25.2 Å². The van der Waals surface area contributed by atoms with Gasteiger partial charge in [0.05, 0.1) is 7.11 Å². The molecule has 0 spiro atoms. The van der Waals surface area contributed by atoms with E-state index in [1.165, 1.54) is 7.11 Å². The topological polar surface area (TPSA) is 24.5 Å². The standard InChI is InChI=1S/C15H23FN2O/c1-11-9-18(12(2)6-7-17-11)10-13-4-5-15(19-3)14(16)8-13/h4-5,8,11-12,17H,6-7,9-10H2,1-3H3. The number of nitrogens with one attached hydrogen (secondary N) is 1. The lowest BCUT2D eigenvalue weighted by atomic mass is 10.1. The lowest BCUT2D eigenvalue weighted by Gasteiger charge is -2.28. The third kappa shape index (κ3) is 3.67. The average molecular weight is 266 g/mol. The Morgan fingerprint density at radius 2 is 2.21 bits per heavy atom. The van der Waals surface area contributed by atoms with Crippen molar-refractivity contribution >= 4 is 0 Å². The number of methoxy groups -OCH3 is 1. The summed E-state index contributed by atoms with van der Waals surface area (Å²) >= 11 is 0. The van der Waals surface area contributed by atoms with E-state index in [1.54, 1.807) is 12.1 Å². The maximum atomic E-state index is 13.7. The summed E-state index contributed by atoms with van der Waals surface area (Å²) in [5, 5.41) is 3.48. The van der Waals surface area contributed by atoms with Crippen LogP contribution < -0.4 is 10.1 Å². The minimum absolute atomic E-state index is 0.284. The summed E-state index contributed by atoms with van der Waals surface area (Å²) < 4.78 is 18.7. The van der Waals surface area contributed by atoms with Gasteiger partial charge in [0.2, 0.25) is 0 Å². The predicted molar refractivity (Wildman–Crippen MR) is 74.9 cm³/mol. The van der Waals surface area contributed by atoms with E-state index in [2.05, 4.69) is 24.1 Å². The molecule has 0 bridgehead atoms. The van der Waals surface area contributed by atoms with Crippen molar-refractivity contribution in [1.82, 2.24) is 10.2 Å². The number of hydrogen-bond acceptors (Lipinski definition) is 3. The molecule has 0 radical (unpaired) electrons. The first-order valence-electron chi connectivity index (χ1n) is 6.90. The van der Waals surface area contributed by atoms with E-state index in [0.29, 0.717) is 17.8 Å². The first-order valence-corrected chi connectivity index (χ1v) is 6.90. The zero-order chi connectivity index (χ0) is 13.8. The molecule has 4 heteroatoms. The van der Waals surface area contributed by atoms with E-state index in [4.69, 9.17) is 4.74 Å². The summed E-state index contributed by atoms with van der Waals surface area (Å²) in [7, 11) is 1.49. The highest BCUT2D eigenvalue weighted by Gasteiger charge is 2.20. The molecule has 1 N–H and O–H groups in total. The van der Waals surface area contributed by atoms with Gasteiger partial charge in [-0.05, 0) is 44.5 Å². The van der Waals surface area contributed by atoms with Crippen molar-refractivity contribution in [2.75, 3.05) is 20.2 Å². The predicted octanol–water partition coefficient (Wildman–Crippen LogP) is 2.41. The summed E-state index contributed by atoms with van der Waals surface area (Å²) in [6, 6.07) is 6.22. The molecule has 2 rings (SSSR count). The first-order chi connectivity index (χ1) is 9.10. The number of nitrogens with zero attached hydrogens (tertiary/aromatic N) is 1. The SMILES string of the molecule is COc1ccc(CN2CC(C)NCCC2C)cc1F. The van der Waals surface area contributed by atoms with Gasteiger partial charge >= 0.3 is 0 Å². The van der Waals surface area contributed by atoms with E-state index in [9.17, 15) is 4.39 Å². The molecule has 1 aliphatic rings. The van der Waals surface area contributed by atoms with Crippen molar-refractivity contribution in [1.29, 1.82) is 0 Å². The van der Waals surface area contributed by atoms with Gasteiger partial charge in [0.1, 0.15) is 0 Å². The molecule has 1 aromatic rings. The van der Waals surface area contributed by atoms with Crippen LogP contribution in [0, 0.1) is 5.82 Å². The van der Waals surface area contributed by atoms with Gasteiger partial charge < -0.3 is 10.1 Å². The highest BCUT2D eigenvalue weighted by atomic mass is 19.1. The van der Waals surface area contributed by atoms with Crippen LogP contribution in [0.25, 0.3) is 0 Å². The van der Waals surface area contributed by atoms with Gasteiger partial charge in [0.25, 0.3) is 0 Å². The van der Waals surface area contributed by atoms with Crippen molar-refractivity contribution in [3.8, 4) is 5.75 Å². The van der Waals surface area contributed by atoms with Crippen LogP contribution in [0.1, 0.15) is 25.8 Å². The third-order valence-corrected chi connectivity index (χ3v) is 3.79. The molecule has 1 aromatic carbocycles. The van der Waals surface area contributed by atoms with Crippen LogP contribution >= 0.6 is 0 Å². The molecular weight excluding hydrogens is 243 g/mol. The van der Waals surface area contributed by atoms with Crippen molar-refractivity contribution in [2.24, 2.45) is 0 Å². The van der Waals surface area contributed by atoms with Crippen molar-refractivity contribution in [2.45, 2.75) is 38.9 Å². The molecule has 0 aliphatic carbocycles. The van der Waals surface area contributed by atoms with Crippen molar-refractivity contribution < 1.29 is 9.13 Å². The molecule has 106 valence electrons. The zero-order valence-corrected chi connectivity index (χ0v) is 11.9. The fourth-order valence-electron chi connectivity index (χ4n) is 2.58. The summed E-state index contributed by atoms with van der Waals surface area (Å²) in [4.78, 5) is 2.41. The second-order valence-electron chi connectivity index (χ2n) is 5.39. The Morgan fingerprint density at radius 3 is 2.89 bits per heavy atom.